The highest BCUT2D eigenvalue weighted by Crippen LogP contribution is 2.16. The summed E-state index contributed by atoms with van der Waals surface area (Å²) in [7, 11) is 0. The summed E-state index contributed by atoms with van der Waals surface area (Å²) < 4.78 is 0. The molecule has 6 heteroatoms. The number of ketones is 1. The Hall–Kier alpha value is -1.43. The molecule has 120 valence electrons. The third-order valence-corrected chi connectivity index (χ3v) is 3.92. The Labute approximate surface area is 125 Å². The molecule has 1 aliphatic heterocycles. The summed E-state index contributed by atoms with van der Waals surface area (Å²) in [5, 5.41) is 12.0. The number of amides is 1. The number of rotatable bonds is 6. The Morgan fingerprint density at radius 2 is 1.90 bits per heavy atom. The fourth-order valence-corrected chi connectivity index (χ4v) is 2.78. The topological polar surface area (TPSA) is 86.7 Å². The molecule has 1 amide bonds. The predicted molar refractivity (Wildman–Crippen MR) is 78.9 cm³/mol. The van der Waals surface area contributed by atoms with Gasteiger partial charge in [-0.3, -0.25) is 19.3 Å². The number of nitrogens with one attached hydrogen (secondary N) is 1. The van der Waals surface area contributed by atoms with Gasteiger partial charge in [0.1, 0.15) is 6.04 Å². The number of hydrogen-bond donors (Lipinski definition) is 2. The molecule has 2 unspecified atom stereocenters. The first-order chi connectivity index (χ1) is 9.82. The lowest BCUT2D eigenvalue weighted by Crippen LogP contribution is -2.50. The number of carboxylic acids is 1. The number of hydrogen-bond acceptors (Lipinski definition) is 4. The van der Waals surface area contributed by atoms with Crippen LogP contribution in [0.25, 0.3) is 0 Å². The monoisotopic (exact) mass is 298 g/mol. The van der Waals surface area contributed by atoms with Crippen LogP contribution in [0.3, 0.4) is 0 Å². The van der Waals surface area contributed by atoms with E-state index < -0.39 is 18.1 Å². The predicted octanol–water partition coefficient (Wildman–Crippen LogP) is 1.05. The van der Waals surface area contributed by atoms with E-state index in [1.54, 1.807) is 4.90 Å². The summed E-state index contributed by atoms with van der Waals surface area (Å²) in [6.07, 6.45) is 3.33. The number of nitrogens with zero attached hydrogens (tertiary/aromatic N) is 1. The Bertz CT molecular complexity index is 395. The number of likely N-dealkylation sites (tertiary alicyclic amines) is 1. The van der Waals surface area contributed by atoms with Gasteiger partial charge in [-0.05, 0) is 32.2 Å². The van der Waals surface area contributed by atoms with Crippen molar-refractivity contribution >= 4 is 17.7 Å². The molecule has 2 N–H and O–H groups in total. The van der Waals surface area contributed by atoms with Gasteiger partial charge in [-0.15, -0.1) is 0 Å². The molecule has 0 aromatic heterocycles. The van der Waals surface area contributed by atoms with E-state index in [-0.39, 0.29) is 24.2 Å². The minimum atomic E-state index is -0.878. The normalized spacial score (nSPS) is 21.6. The van der Waals surface area contributed by atoms with E-state index in [0.29, 0.717) is 13.0 Å². The maximum Gasteiger partial charge on any atom is 0.320 e. The van der Waals surface area contributed by atoms with Crippen LogP contribution in [0.15, 0.2) is 0 Å². The lowest BCUT2D eigenvalue weighted by molar-refractivity contribution is -0.144. The van der Waals surface area contributed by atoms with Crippen molar-refractivity contribution in [3.8, 4) is 0 Å². The first-order valence-corrected chi connectivity index (χ1v) is 7.59. The molecule has 0 saturated carbocycles. The van der Waals surface area contributed by atoms with Gasteiger partial charge in [0.15, 0.2) is 5.78 Å². The average Bonchev–Trinajstić information content (AvgIpc) is 2.60. The molecule has 0 aromatic rings. The maximum atomic E-state index is 12.1. The quantitative estimate of drug-likeness (QED) is 0.765. The van der Waals surface area contributed by atoms with Gasteiger partial charge >= 0.3 is 5.97 Å². The van der Waals surface area contributed by atoms with Crippen molar-refractivity contribution in [3.63, 3.8) is 0 Å². The zero-order valence-corrected chi connectivity index (χ0v) is 13.1. The van der Waals surface area contributed by atoms with Crippen molar-refractivity contribution in [1.29, 1.82) is 0 Å². The average molecular weight is 298 g/mol. The van der Waals surface area contributed by atoms with E-state index in [1.807, 2.05) is 13.8 Å². The molecule has 0 aliphatic carbocycles. The smallest absolute Gasteiger partial charge is 0.320 e. The third kappa shape index (κ3) is 5.46. The fourth-order valence-electron chi connectivity index (χ4n) is 2.78. The molecule has 0 spiro atoms. The van der Waals surface area contributed by atoms with Crippen molar-refractivity contribution in [2.24, 2.45) is 5.92 Å². The number of carbonyl (C=O) groups excluding carboxylic acids is 2. The molecule has 1 rings (SSSR count). The summed E-state index contributed by atoms with van der Waals surface area (Å²) >= 11 is 0. The first kappa shape index (κ1) is 17.6. The van der Waals surface area contributed by atoms with Gasteiger partial charge in [0, 0.05) is 0 Å². The van der Waals surface area contributed by atoms with Gasteiger partial charge in [0.2, 0.25) is 5.91 Å². The van der Waals surface area contributed by atoms with Crippen LogP contribution in [0.5, 0.6) is 0 Å². The Kier molecular flexibility index (Phi) is 6.81. The van der Waals surface area contributed by atoms with Crippen LogP contribution in [0.1, 0.15) is 46.5 Å². The van der Waals surface area contributed by atoms with Gasteiger partial charge in [0.05, 0.1) is 12.6 Å². The van der Waals surface area contributed by atoms with Crippen molar-refractivity contribution in [2.45, 2.75) is 58.5 Å². The molecular weight excluding hydrogens is 272 g/mol. The lowest BCUT2D eigenvalue weighted by Gasteiger charge is -2.27. The molecule has 1 saturated heterocycles. The van der Waals surface area contributed by atoms with E-state index in [4.69, 9.17) is 0 Å². The van der Waals surface area contributed by atoms with E-state index in [2.05, 4.69) is 5.32 Å². The van der Waals surface area contributed by atoms with Crippen molar-refractivity contribution in [3.05, 3.63) is 0 Å². The minimum absolute atomic E-state index is 0.0193. The molecule has 1 aliphatic rings. The lowest BCUT2D eigenvalue weighted by atomic mass is 10.0. The Morgan fingerprint density at radius 1 is 1.24 bits per heavy atom. The van der Waals surface area contributed by atoms with Crippen LogP contribution in [-0.4, -0.2) is 52.8 Å². The van der Waals surface area contributed by atoms with Crippen LogP contribution >= 0.6 is 0 Å². The SMILES string of the molecule is CC(=O)C(NC(=O)CN1CCCCCC1C(=O)O)C(C)C. The summed E-state index contributed by atoms with van der Waals surface area (Å²) in [6, 6.07) is -1.11. The van der Waals surface area contributed by atoms with Crippen molar-refractivity contribution in [1.82, 2.24) is 10.2 Å². The number of carboxylic acid groups (broad SMARTS) is 1. The fraction of sp³-hybridized carbons (Fsp3) is 0.800. The van der Waals surface area contributed by atoms with Gasteiger partial charge in [-0.1, -0.05) is 26.7 Å². The van der Waals surface area contributed by atoms with Crippen LogP contribution in [-0.2, 0) is 14.4 Å². The molecular formula is C15H26N2O4. The summed E-state index contributed by atoms with van der Waals surface area (Å²) in [4.78, 5) is 36.7. The van der Waals surface area contributed by atoms with Crippen molar-refractivity contribution < 1.29 is 19.5 Å². The zero-order valence-electron chi connectivity index (χ0n) is 13.1. The van der Waals surface area contributed by atoms with Crippen LogP contribution in [0.2, 0.25) is 0 Å². The second kappa shape index (κ2) is 8.12. The van der Waals surface area contributed by atoms with Gasteiger partial charge in [0.25, 0.3) is 0 Å². The minimum Gasteiger partial charge on any atom is -0.480 e. The van der Waals surface area contributed by atoms with Crippen LogP contribution < -0.4 is 5.32 Å². The van der Waals surface area contributed by atoms with Gasteiger partial charge in [-0.2, -0.15) is 0 Å². The number of carbonyl (C=O) groups is 3. The van der Waals surface area contributed by atoms with Gasteiger partial charge in [-0.25, -0.2) is 0 Å². The van der Waals surface area contributed by atoms with E-state index >= 15 is 0 Å². The molecule has 0 bridgehead atoms. The van der Waals surface area contributed by atoms with E-state index in [0.717, 1.165) is 19.3 Å². The van der Waals surface area contributed by atoms with Gasteiger partial charge < -0.3 is 10.4 Å². The molecule has 21 heavy (non-hydrogen) atoms. The standard InChI is InChI=1S/C15H26N2O4/c1-10(2)14(11(3)18)16-13(19)9-17-8-6-4-5-7-12(17)15(20)21/h10,12,14H,4-9H2,1-3H3,(H,16,19)(H,20,21). The Balaban J connectivity index is 2.66. The second-order valence-corrected chi connectivity index (χ2v) is 6.07. The maximum absolute atomic E-state index is 12.1. The first-order valence-electron chi connectivity index (χ1n) is 7.59. The highest BCUT2D eigenvalue weighted by Gasteiger charge is 2.29. The zero-order chi connectivity index (χ0) is 16.0. The van der Waals surface area contributed by atoms with Crippen LogP contribution in [0.4, 0.5) is 0 Å². The highest BCUT2D eigenvalue weighted by molar-refractivity contribution is 5.88. The summed E-state index contributed by atoms with van der Waals surface area (Å²) in [5.41, 5.74) is 0. The third-order valence-electron chi connectivity index (χ3n) is 3.92. The van der Waals surface area contributed by atoms with Crippen molar-refractivity contribution in [2.75, 3.05) is 13.1 Å². The molecule has 2 atom stereocenters. The Morgan fingerprint density at radius 3 is 2.43 bits per heavy atom. The number of aliphatic carboxylic acids is 1. The van der Waals surface area contributed by atoms with E-state index in [1.165, 1.54) is 6.92 Å². The number of Topliss-reactive ketones (excluding diaryl/α,β-unsaturated/α-hetero) is 1. The van der Waals surface area contributed by atoms with E-state index in [9.17, 15) is 19.5 Å². The molecule has 1 fully saturated rings. The highest BCUT2D eigenvalue weighted by atomic mass is 16.4. The summed E-state index contributed by atoms with van der Waals surface area (Å²) in [5.74, 6) is -1.22. The largest absolute Gasteiger partial charge is 0.480 e. The molecule has 0 aromatic carbocycles. The second-order valence-electron chi connectivity index (χ2n) is 6.07. The molecule has 0 radical (unpaired) electrons. The summed E-state index contributed by atoms with van der Waals surface area (Å²) in [6.45, 7) is 5.85. The molecule has 1 heterocycles. The van der Waals surface area contributed by atoms with Crippen LogP contribution in [0, 0.1) is 5.92 Å². The molecule has 6 nitrogen and oxygen atoms in total.